The summed E-state index contributed by atoms with van der Waals surface area (Å²) in [5.41, 5.74) is 3.30. The van der Waals surface area contributed by atoms with Crippen LogP contribution in [0.4, 0.5) is 0 Å². The lowest BCUT2D eigenvalue weighted by molar-refractivity contribution is 0.477. The highest BCUT2D eigenvalue weighted by Crippen LogP contribution is 2.30. The predicted octanol–water partition coefficient (Wildman–Crippen LogP) is 3.24. The van der Waals surface area contributed by atoms with E-state index in [1.807, 2.05) is 31.2 Å². The molecule has 0 heterocycles. The second-order valence-electron chi connectivity index (χ2n) is 3.71. The number of rotatable bonds is 1. The smallest absolute Gasteiger partial charge is 0.123 e. The van der Waals surface area contributed by atoms with Gasteiger partial charge in [0.2, 0.25) is 0 Å². The van der Waals surface area contributed by atoms with Gasteiger partial charge in [0.25, 0.3) is 0 Å². The van der Waals surface area contributed by atoms with Crippen molar-refractivity contribution < 1.29 is 5.11 Å². The molecule has 0 aliphatic rings. The Bertz CT molecular complexity index is 567. The van der Waals surface area contributed by atoms with Crippen molar-refractivity contribution in [2.45, 2.75) is 6.92 Å². The number of hydrogen-bond acceptors (Lipinski definition) is 2. The molecule has 1 N–H and O–H groups in total. The Balaban J connectivity index is 2.58. The lowest BCUT2D eigenvalue weighted by Gasteiger charge is -2.06. The third-order valence-electron chi connectivity index (χ3n) is 2.45. The van der Waals surface area contributed by atoms with Crippen LogP contribution >= 0.6 is 0 Å². The molecular weight excluding hydrogens is 198 g/mol. The van der Waals surface area contributed by atoms with Crippen LogP contribution in [-0.2, 0) is 0 Å². The Hall–Kier alpha value is -2.27. The van der Waals surface area contributed by atoms with Crippen molar-refractivity contribution in [3.8, 4) is 22.9 Å². The summed E-state index contributed by atoms with van der Waals surface area (Å²) in [5.74, 6) is 0.237. The fourth-order valence-corrected chi connectivity index (χ4v) is 1.64. The summed E-state index contributed by atoms with van der Waals surface area (Å²) in [6.07, 6.45) is 0. The van der Waals surface area contributed by atoms with Crippen LogP contribution in [0.1, 0.15) is 11.1 Å². The number of aromatic hydroxyl groups is 1. The van der Waals surface area contributed by atoms with Crippen LogP contribution in [0.5, 0.6) is 5.75 Å². The van der Waals surface area contributed by atoms with E-state index in [4.69, 9.17) is 5.26 Å². The summed E-state index contributed by atoms with van der Waals surface area (Å²) in [6, 6.07) is 14.7. The summed E-state index contributed by atoms with van der Waals surface area (Å²) >= 11 is 0. The molecule has 0 fully saturated rings. The predicted molar refractivity (Wildman–Crippen MR) is 63.0 cm³/mol. The summed E-state index contributed by atoms with van der Waals surface area (Å²) in [7, 11) is 0. The van der Waals surface area contributed by atoms with Gasteiger partial charge in [-0.25, -0.2) is 0 Å². The molecule has 0 aliphatic carbocycles. The van der Waals surface area contributed by atoms with E-state index in [0.717, 1.165) is 16.7 Å². The normalized spacial score (nSPS) is 9.75. The van der Waals surface area contributed by atoms with Gasteiger partial charge >= 0.3 is 0 Å². The maximum absolute atomic E-state index is 9.77. The average molecular weight is 209 g/mol. The average Bonchev–Trinajstić information content (AvgIpc) is 2.32. The van der Waals surface area contributed by atoms with Gasteiger partial charge in [0.05, 0.1) is 11.6 Å². The Morgan fingerprint density at radius 1 is 1.12 bits per heavy atom. The van der Waals surface area contributed by atoms with Crippen LogP contribution < -0.4 is 0 Å². The van der Waals surface area contributed by atoms with Crippen molar-refractivity contribution in [2.24, 2.45) is 0 Å². The molecule has 0 unspecified atom stereocenters. The van der Waals surface area contributed by atoms with Crippen LogP contribution in [0.15, 0.2) is 42.5 Å². The quantitative estimate of drug-likeness (QED) is 0.783. The zero-order valence-corrected chi connectivity index (χ0v) is 8.94. The number of aryl methyl sites for hydroxylation is 1. The summed E-state index contributed by atoms with van der Waals surface area (Å²) < 4.78 is 0. The van der Waals surface area contributed by atoms with Crippen molar-refractivity contribution in [3.05, 3.63) is 53.6 Å². The van der Waals surface area contributed by atoms with Crippen molar-refractivity contribution in [1.29, 1.82) is 5.26 Å². The first-order valence-corrected chi connectivity index (χ1v) is 5.01. The zero-order valence-electron chi connectivity index (χ0n) is 8.94. The van der Waals surface area contributed by atoms with Crippen molar-refractivity contribution in [2.75, 3.05) is 0 Å². The second kappa shape index (κ2) is 4.08. The van der Waals surface area contributed by atoms with E-state index in [-0.39, 0.29) is 5.75 Å². The molecule has 2 aromatic rings. The second-order valence-corrected chi connectivity index (χ2v) is 3.71. The fourth-order valence-electron chi connectivity index (χ4n) is 1.64. The van der Waals surface area contributed by atoms with E-state index in [1.165, 1.54) is 0 Å². The summed E-state index contributed by atoms with van der Waals surface area (Å²) in [5, 5.41) is 18.6. The summed E-state index contributed by atoms with van der Waals surface area (Å²) in [4.78, 5) is 0. The molecular formula is C14H11NO. The van der Waals surface area contributed by atoms with E-state index in [2.05, 4.69) is 6.07 Å². The summed E-state index contributed by atoms with van der Waals surface area (Å²) in [6.45, 7) is 1.97. The molecule has 16 heavy (non-hydrogen) atoms. The van der Waals surface area contributed by atoms with E-state index >= 15 is 0 Å². The van der Waals surface area contributed by atoms with Gasteiger partial charge < -0.3 is 5.11 Å². The molecule has 0 spiro atoms. The lowest BCUT2D eigenvalue weighted by atomic mass is 10.0. The number of benzene rings is 2. The molecule has 78 valence electrons. The van der Waals surface area contributed by atoms with Crippen LogP contribution in [0, 0.1) is 18.3 Å². The van der Waals surface area contributed by atoms with Crippen LogP contribution in [0.2, 0.25) is 0 Å². The monoisotopic (exact) mass is 209 g/mol. The van der Waals surface area contributed by atoms with Crippen LogP contribution in [0.25, 0.3) is 11.1 Å². The maximum atomic E-state index is 9.77. The Morgan fingerprint density at radius 2 is 1.94 bits per heavy atom. The molecule has 2 heteroatoms. The topological polar surface area (TPSA) is 44.0 Å². The van der Waals surface area contributed by atoms with E-state index in [1.54, 1.807) is 18.2 Å². The molecule has 0 aromatic heterocycles. The van der Waals surface area contributed by atoms with Gasteiger partial charge in [0.15, 0.2) is 0 Å². The van der Waals surface area contributed by atoms with Crippen LogP contribution in [-0.4, -0.2) is 5.11 Å². The van der Waals surface area contributed by atoms with Gasteiger partial charge in [0, 0.05) is 5.56 Å². The SMILES string of the molecule is Cc1ccc(O)c(-c2cccc(C#N)c2)c1. The Morgan fingerprint density at radius 3 is 2.69 bits per heavy atom. The first-order chi connectivity index (χ1) is 7.70. The first kappa shape index (κ1) is 10.3. The van der Waals surface area contributed by atoms with Crippen LogP contribution in [0.3, 0.4) is 0 Å². The maximum Gasteiger partial charge on any atom is 0.123 e. The van der Waals surface area contributed by atoms with E-state index in [0.29, 0.717) is 5.56 Å². The molecule has 0 saturated carbocycles. The molecule has 2 nitrogen and oxygen atoms in total. The molecule has 0 radical (unpaired) electrons. The van der Waals surface area contributed by atoms with E-state index in [9.17, 15) is 5.11 Å². The van der Waals surface area contributed by atoms with Gasteiger partial charge in [-0.2, -0.15) is 5.26 Å². The molecule has 0 bridgehead atoms. The molecule has 0 amide bonds. The van der Waals surface area contributed by atoms with Crippen molar-refractivity contribution in [1.82, 2.24) is 0 Å². The minimum atomic E-state index is 0.237. The molecule has 0 saturated heterocycles. The highest BCUT2D eigenvalue weighted by molar-refractivity contribution is 5.71. The number of hydrogen-bond donors (Lipinski definition) is 1. The molecule has 2 aromatic carbocycles. The molecule has 2 rings (SSSR count). The minimum absolute atomic E-state index is 0.237. The minimum Gasteiger partial charge on any atom is -0.507 e. The van der Waals surface area contributed by atoms with Gasteiger partial charge in [0.1, 0.15) is 5.75 Å². The number of phenolic OH excluding ortho intramolecular Hbond substituents is 1. The van der Waals surface area contributed by atoms with Crippen molar-refractivity contribution >= 4 is 0 Å². The highest BCUT2D eigenvalue weighted by Gasteiger charge is 2.04. The molecule has 0 aliphatic heterocycles. The fraction of sp³-hybridized carbons (Fsp3) is 0.0714. The number of nitriles is 1. The standard InChI is InChI=1S/C14H11NO/c1-10-5-6-14(16)13(7-10)12-4-2-3-11(8-12)9-15/h2-8,16H,1H3. The Kier molecular flexibility index (Phi) is 2.61. The zero-order chi connectivity index (χ0) is 11.5. The van der Waals surface area contributed by atoms with Gasteiger partial charge in [-0.15, -0.1) is 0 Å². The number of phenols is 1. The lowest BCUT2D eigenvalue weighted by Crippen LogP contribution is -1.82. The number of nitrogens with zero attached hydrogens (tertiary/aromatic N) is 1. The van der Waals surface area contributed by atoms with E-state index < -0.39 is 0 Å². The molecule has 0 atom stereocenters. The largest absolute Gasteiger partial charge is 0.507 e. The third-order valence-corrected chi connectivity index (χ3v) is 2.45. The third kappa shape index (κ3) is 1.89. The van der Waals surface area contributed by atoms with Crippen molar-refractivity contribution in [3.63, 3.8) is 0 Å². The van der Waals surface area contributed by atoms with Gasteiger partial charge in [-0.3, -0.25) is 0 Å². The first-order valence-electron chi connectivity index (χ1n) is 5.01. The van der Waals surface area contributed by atoms with Gasteiger partial charge in [-0.05, 0) is 36.8 Å². The Labute approximate surface area is 94.4 Å². The van der Waals surface area contributed by atoms with Gasteiger partial charge in [-0.1, -0.05) is 23.8 Å². The highest BCUT2D eigenvalue weighted by atomic mass is 16.3.